The first-order valence-electron chi connectivity index (χ1n) is 5.85. The number of amides is 1. The molecule has 0 spiro atoms. The molecular formula is C13H15F2NO2. The molecule has 0 aromatic heterocycles. The largest absolute Gasteiger partial charge is 0.390 e. The molecule has 0 fully saturated rings. The van der Waals surface area contributed by atoms with E-state index in [9.17, 15) is 13.6 Å². The molecule has 1 aliphatic rings. The van der Waals surface area contributed by atoms with E-state index in [1.54, 1.807) is 0 Å². The number of carbonyl (C=O) groups is 1. The lowest BCUT2D eigenvalue weighted by atomic mass is 10.1. The predicted molar refractivity (Wildman–Crippen MR) is 62.4 cm³/mol. The Hall–Kier alpha value is -1.49. The van der Waals surface area contributed by atoms with E-state index in [0.717, 1.165) is 11.1 Å². The van der Waals surface area contributed by atoms with Crippen molar-refractivity contribution < 1.29 is 18.7 Å². The fourth-order valence-electron chi connectivity index (χ4n) is 2.16. The SMILES string of the molecule is O=C(NCC(F)(F)CO)C1Cc2ccccc2C1. The lowest BCUT2D eigenvalue weighted by Crippen LogP contribution is -2.41. The van der Waals surface area contributed by atoms with Gasteiger partial charge >= 0.3 is 0 Å². The molecule has 0 atom stereocenters. The molecule has 1 amide bonds. The van der Waals surface area contributed by atoms with Gasteiger partial charge < -0.3 is 10.4 Å². The molecular weight excluding hydrogens is 240 g/mol. The summed E-state index contributed by atoms with van der Waals surface area (Å²) in [5.74, 6) is -3.91. The second-order valence-electron chi connectivity index (χ2n) is 4.61. The predicted octanol–water partition coefficient (Wildman–Crippen LogP) is 1.15. The van der Waals surface area contributed by atoms with Gasteiger partial charge in [0.1, 0.15) is 6.61 Å². The van der Waals surface area contributed by atoms with Crippen LogP contribution in [0.2, 0.25) is 0 Å². The molecule has 0 saturated carbocycles. The fourth-order valence-corrected chi connectivity index (χ4v) is 2.16. The number of rotatable bonds is 4. The van der Waals surface area contributed by atoms with Crippen molar-refractivity contribution in [3.8, 4) is 0 Å². The molecule has 0 bridgehead atoms. The van der Waals surface area contributed by atoms with Crippen LogP contribution >= 0.6 is 0 Å². The molecule has 18 heavy (non-hydrogen) atoms. The molecule has 0 saturated heterocycles. The number of halogens is 2. The lowest BCUT2D eigenvalue weighted by molar-refractivity contribution is -0.127. The maximum atomic E-state index is 12.8. The molecule has 0 radical (unpaired) electrons. The molecule has 0 aliphatic heterocycles. The van der Waals surface area contributed by atoms with Crippen molar-refractivity contribution in [3.63, 3.8) is 0 Å². The summed E-state index contributed by atoms with van der Waals surface area (Å²) in [4.78, 5) is 11.8. The average molecular weight is 255 g/mol. The number of benzene rings is 1. The lowest BCUT2D eigenvalue weighted by Gasteiger charge is -2.16. The van der Waals surface area contributed by atoms with Crippen molar-refractivity contribution in [2.75, 3.05) is 13.2 Å². The molecule has 3 nitrogen and oxygen atoms in total. The van der Waals surface area contributed by atoms with Crippen molar-refractivity contribution in [2.24, 2.45) is 5.92 Å². The summed E-state index contributed by atoms with van der Waals surface area (Å²) in [5.41, 5.74) is 2.21. The van der Waals surface area contributed by atoms with Crippen LogP contribution in [0.25, 0.3) is 0 Å². The normalized spacial score (nSPS) is 15.5. The molecule has 1 aliphatic carbocycles. The zero-order chi connectivity index (χ0) is 13.2. The molecule has 0 heterocycles. The van der Waals surface area contributed by atoms with Crippen LogP contribution < -0.4 is 5.32 Å². The topological polar surface area (TPSA) is 49.3 Å². The molecule has 2 rings (SSSR count). The van der Waals surface area contributed by atoms with Gasteiger partial charge in [0, 0.05) is 5.92 Å². The minimum absolute atomic E-state index is 0.281. The van der Waals surface area contributed by atoms with Gasteiger partial charge in [0.05, 0.1) is 6.54 Å². The van der Waals surface area contributed by atoms with E-state index in [4.69, 9.17) is 5.11 Å². The van der Waals surface area contributed by atoms with E-state index in [-0.39, 0.29) is 11.8 Å². The van der Waals surface area contributed by atoms with Crippen LogP contribution in [0.1, 0.15) is 11.1 Å². The minimum atomic E-state index is -3.25. The van der Waals surface area contributed by atoms with E-state index in [1.165, 1.54) is 0 Å². The summed E-state index contributed by atoms with van der Waals surface area (Å²) in [6, 6.07) is 7.70. The Bertz CT molecular complexity index is 423. The van der Waals surface area contributed by atoms with Crippen LogP contribution in [0, 0.1) is 5.92 Å². The van der Waals surface area contributed by atoms with Gasteiger partial charge in [-0.25, -0.2) is 8.78 Å². The number of hydrogen-bond acceptors (Lipinski definition) is 2. The summed E-state index contributed by atoms with van der Waals surface area (Å²) < 4.78 is 25.6. The molecule has 2 N–H and O–H groups in total. The van der Waals surface area contributed by atoms with Crippen LogP contribution in [0.3, 0.4) is 0 Å². The first-order chi connectivity index (χ1) is 8.52. The van der Waals surface area contributed by atoms with Crippen molar-refractivity contribution >= 4 is 5.91 Å². The maximum absolute atomic E-state index is 12.8. The van der Waals surface area contributed by atoms with Crippen molar-refractivity contribution in [3.05, 3.63) is 35.4 Å². The summed E-state index contributed by atoms with van der Waals surface area (Å²) in [7, 11) is 0. The number of fused-ring (bicyclic) bond motifs is 1. The van der Waals surface area contributed by atoms with Gasteiger partial charge in [-0.2, -0.15) is 0 Å². The van der Waals surface area contributed by atoms with E-state index >= 15 is 0 Å². The van der Waals surface area contributed by atoms with E-state index in [0.29, 0.717) is 12.8 Å². The highest BCUT2D eigenvalue weighted by atomic mass is 19.3. The quantitative estimate of drug-likeness (QED) is 0.847. The second-order valence-corrected chi connectivity index (χ2v) is 4.61. The van der Waals surface area contributed by atoms with Crippen LogP contribution in [0.15, 0.2) is 24.3 Å². The second kappa shape index (κ2) is 5.02. The minimum Gasteiger partial charge on any atom is -0.390 e. The Morgan fingerprint density at radius 1 is 1.33 bits per heavy atom. The standard InChI is InChI=1S/C13H15F2NO2/c14-13(15,8-17)7-16-12(18)11-5-9-3-1-2-4-10(9)6-11/h1-4,11,17H,5-8H2,(H,16,18). The zero-order valence-corrected chi connectivity index (χ0v) is 9.83. The monoisotopic (exact) mass is 255 g/mol. The van der Waals surface area contributed by atoms with Crippen LogP contribution in [-0.2, 0) is 17.6 Å². The number of nitrogens with one attached hydrogen (secondary N) is 1. The van der Waals surface area contributed by atoms with Gasteiger partial charge in [0.25, 0.3) is 5.92 Å². The first-order valence-corrected chi connectivity index (χ1v) is 5.85. The Labute approximate surface area is 104 Å². The summed E-state index contributed by atoms with van der Waals surface area (Å²) in [6.07, 6.45) is 1.18. The third-order valence-electron chi connectivity index (χ3n) is 3.17. The summed E-state index contributed by atoms with van der Waals surface area (Å²) in [5, 5.41) is 10.6. The highest BCUT2D eigenvalue weighted by Crippen LogP contribution is 2.26. The van der Waals surface area contributed by atoms with Gasteiger partial charge in [-0.1, -0.05) is 24.3 Å². The third-order valence-corrected chi connectivity index (χ3v) is 3.17. The average Bonchev–Trinajstić information content (AvgIpc) is 2.80. The fraction of sp³-hybridized carbons (Fsp3) is 0.462. The van der Waals surface area contributed by atoms with Gasteiger partial charge in [-0.15, -0.1) is 0 Å². The number of carbonyl (C=O) groups excluding carboxylic acids is 1. The van der Waals surface area contributed by atoms with E-state index in [2.05, 4.69) is 5.32 Å². The van der Waals surface area contributed by atoms with Crippen molar-refractivity contribution in [2.45, 2.75) is 18.8 Å². The maximum Gasteiger partial charge on any atom is 0.287 e. The highest BCUT2D eigenvalue weighted by Gasteiger charge is 2.31. The van der Waals surface area contributed by atoms with Gasteiger partial charge in [0.2, 0.25) is 5.91 Å². The molecule has 5 heteroatoms. The molecule has 1 aromatic rings. The smallest absolute Gasteiger partial charge is 0.287 e. The molecule has 0 unspecified atom stereocenters. The van der Waals surface area contributed by atoms with E-state index < -0.39 is 19.1 Å². The summed E-state index contributed by atoms with van der Waals surface area (Å²) >= 11 is 0. The zero-order valence-electron chi connectivity index (χ0n) is 9.83. The van der Waals surface area contributed by atoms with Gasteiger partial charge in [-0.3, -0.25) is 4.79 Å². The van der Waals surface area contributed by atoms with Crippen molar-refractivity contribution in [1.82, 2.24) is 5.32 Å². The highest BCUT2D eigenvalue weighted by molar-refractivity contribution is 5.80. The Morgan fingerprint density at radius 2 is 1.89 bits per heavy atom. The van der Waals surface area contributed by atoms with Crippen molar-refractivity contribution in [1.29, 1.82) is 0 Å². The Kier molecular flexibility index (Phi) is 3.61. The number of aliphatic hydroxyl groups is 1. The van der Waals surface area contributed by atoms with Gasteiger partial charge in [0.15, 0.2) is 0 Å². The third kappa shape index (κ3) is 2.85. The Morgan fingerprint density at radius 3 is 2.39 bits per heavy atom. The number of alkyl halides is 2. The molecule has 1 aromatic carbocycles. The van der Waals surface area contributed by atoms with Gasteiger partial charge in [-0.05, 0) is 24.0 Å². The van der Waals surface area contributed by atoms with E-state index in [1.807, 2.05) is 24.3 Å². The summed E-state index contributed by atoms with van der Waals surface area (Å²) in [6.45, 7) is -2.06. The number of aliphatic hydroxyl groups excluding tert-OH is 1. The van der Waals surface area contributed by atoms with Crippen LogP contribution in [0.5, 0.6) is 0 Å². The Balaban J connectivity index is 1.90. The first kappa shape index (κ1) is 13.0. The van der Waals surface area contributed by atoms with Crippen LogP contribution in [0.4, 0.5) is 8.78 Å². The van der Waals surface area contributed by atoms with Crippen LogP contribution in [-0.4, -0.2) is 30.1 Å². The molecule has 98 valence electrons. The number of hydrogen-bond donors (Lipinski definition) is 2.